The van der Waals surface area contributed by atoms with Gasteiger partial charge in [0.2, 0.25) is 7.37 Å². The SMILES string of the molecule is CCP(=O)(CC)Oc1c(C(=O)Nc2ccccc2)c(=O)n(C)c2ccc(SC)cc12. The molecule has 158 valence electrons. The Morgan fingerprint density at radius 1 is 1.13 bits per heavy atom. The van der Waals surface area contributed by atoms with Crippen molar-refractivity contribution in [2.24, 2.45) is 7.05 Å². The van der Waals surface area contributed by atoms with Crippen LogP contribution < -0.4 is 15.4 Å². The van der Waals surface area contributed by atoms with E-state index in [9.17, 15) is 14.2 Å². The van der Waals surface area contributed by atoms with Gasteiger partial charge in [-0.1, -0.05) is 32.0 Å². The lowest BCUT2D eigenvalue weighted by Gasteiger charge is -2.21. The fourth-order valence-corrected chi connectivity index (χ4v) is 4.82. The highest BCUT2D eigenvalue weighted by Crippen LogP contribution is 2.48. The number of benzene rings is 2. The molecule has 0 unspecified atom stereocenters. The molecular weight excluding hydrogens is 419 g/mol. The molecular formula is C22H25N2O4PS. The molecule has 0 bridgehead atoms. The molecule has 0 aliphatic rings. The second-order valence-electron chi connectivity index (χ2n) is 6.81. The van der Waals surface area contributed by atoms with Crippen LogP contribution in [0.15, 0.2) is 58.2 Å². The summed E-state index contributed by atoms with van der Waals surface area (Å²) < 4.78 is 20.6. The second kappa shape index (κ2) is 9.11. The largest absolute Gasteiger partial charge is 0.441 e. The lowest BCUT2D eigenvalue weighted by Crippen LogP contribution is -2.29. The fraction of sp³-hybridized carbons (Fsp3) is 0.273. The number of carbonyl (C=O) groups excluding carboxylic acids is 1. The number of para-hydroxylation sites is 1. The maximum absolute atomic E-state index is 13.2. The average Bonchev–Trinajstić information content (AvgIpc) is 2.77. The van der Waals surface area contributed by atoms with Crippen LogP contribution >= 0.6 is 19.1 Å². The van der Waals surface area contributed by atoms with Crippen LogP contribution in [0.4, 0.5) is 5.69 Å². The van der Waals surface area contributed by atoms with Crippen molar-refractivity contribution in [3.05, 3.63) is 64.4 Å². The predicted molar refractivity (Wildman–Crippen MR) is 125 cm³/mol. The first-order valence-corrected chi connectivity index (χ1v) is 12.9. The van der Waals surface area contributed by atoms with Crippen molar-refractivity contribution in [2.45, 2.75) is 18.7 Å². The van der Waals surface area contributed by atoms with E-state index in [0.717, 1.165) is 4.90 Å². The monoisotopic (exact) mass is 444 g/mol. The van der Waals surface area contributed by atoms with Gasteiger partial charge in [0.15, 0.2) is 5.75 Å². The van der Waals surface area contributed by atoms with E-state index in [0.29, 0.717) is 28.9 Å². The highest BCUT2D eigenvalue weighted by Gasteiger charge is 2.28. The Hall–Kier alpha value is -2.50. The van der Waals surface area contributed by atoms with Gasteiger partial charge in [0, 0.05) is 35.3 Å². The van der Waals surface area contributed by atoms with Gasteiger partial charge in [-0.3, -0.25) is 14.2 Å². The standard InChI is InChI=1S/C22H25N2O4PS/c1-5-29(27,6-2)28-20-17-14-16(30-4)12-13-18(17)24(3)22(26)19(20)21(25)23-15-10-8-7-9-11-15/h7-14H,5-6H2,1-4H3,(H,23,25). The fourth-order valence-electron chi connectivity index (χ4n) is 3.15. The maximum atomic E-state index is 13.2. The number of anilines is 1. The Bertz CT molecular complexity index is 1180. The molecule has 1 N–H and O–H groups in total. The summed E-state index contributed by atoms with van der Waals surface area (Å²) in [6.07, 6.45) is 2.56. The van der Waals surface area contributed by atoms with E-state index in [1.165, 1.54) is 16.3 Å². The number of hydrogen-bond donors (Lipinski definition) is 1. The Morgan fingerprint density at radius 2 is 1.80 bits per heavy atom. The third-order valence-electron chi connectivity index (χ3n) is 5.04. The number of aryl methyl sites for hydroxylation is 1. The summed E-state index contributed by atoms with van der Waals surface area (Å²) in [5.41, 5.74) is 0.529. The van der Waals surface area contributed by atoms with E-state index >= 15 is 0 Å². The number of fused-ring (bicyclic) bond motifs is 1. The van der Waals surface area contributed by atoms with Gasteiger partial charge in [-0.15, -0.1) is 11.8 Å². The summed E-state index contributed by atoms with van der Waals surface area (Å²) >= 11 is 1.54. The normalized spacial score (nSPS) is 11.5. The molecule has 0 saturated heterocycles. The van der Waals surface area contributed by atoms with Gasteiger partial charge < -0.3 is 14.4 Å². The molecule has 3 aromatic rings. The van der Waals surface area contributed by atoms with Gasteiger partial charge in [0.25, 0.3) is 11.5 Å². The number of nitrogens with one attached hydrogen (secondary N) is 1. The number of thioether (sulfide) groups is 1. The summed E-state index contributed by atoms with van der Waals surface area (Å²) in [6.45, 7) is 3.56. The minimum atomic E-state index is -3.05. The topological polar surface area (TPSA) is 77.4 Å². The molecule has 6 nitrogen and oxygen atoms in total. The van der Waals surface area contributed by atoms with Crippen LogP contribution in [0.25, 0.3) is 10.9 Å². The van der Waals surface area contributed by atoms with Crippen LogP contribution in [0.3, 0.4) is 0 Å². The summed E-state index contributed by atoms with van der Waals surface area (Å²) in [5, 5.41) is 3.34. The van der Waals surface area contributed by atoms with E-state index < -0.39 is 18.8 Å². The molecule has 0 spiro atoms. The summed E-state index contributed by atoms with van der Waals surface area (Å²) in [6, 6.07) is 14.5. The van der Waals surface area contributed by atoms with Crippen LogP contribution in [-0.4, -0.2) is 29.1 Å². The Morgan fingerprint density at radius 3 is 2.40 bits per heavy atom. The quantitative estimate of drug-likeness (QED) is 0.400. The van der Waals surface area contributed by atoms with Gasteiger partial charge >= 0.3 is 0 Å². The third-order valence-corrected chi connectivity index (χ3v) is 8.20. The van der Waals surface area contributed by atoms with E-state index in [1.807, 2.05) is 30.5 Å². The summed E-state index contributed by atoms with van der Waals surface area (Å²) in [7, 11) is -1.43. The zero-order valence-electron chi connectivity index (χ0n) is 17.5. The lowest BCUT2D eigenvalue weighted by molar-refractivity contribution is 0.102. The van der Waals surface area contributed by atoms with Gasteiger partial charge in [0.05, 0.1) is 5.52 Å². The maximum Gasteiger partial charge on any atom is 0.267 e. The molecule has 0 saturated carbocycles. The van der Waals surface area contributed by atoms with Crippen molar-refractivity contribution >= 4 is 41.6 Å². The van der Waals surface area contributed by atoms with Crippen molar-refractivity contribution in [1.29, 1.82) is 0 Å². The van der Waals surface area contributed by atoms with E-state index in [1.54, 1.807) is 45.2 Å². The zero-order valence-corrected chi connectivity index (χ0v) is 19.2. The minimum Gasteiger partial charge on any atom is -0.441 e. The average molecular weight is 444 g/mol. The molecule has 1 amide bonds. The molecule has 0 aliphatic carbocycles. The third kappa shape index (κ3) is 4.32. The first-order valence-electron chi connectivity index (χ1n) is 9.68. The molecule has 30 heavy (non-hydrogen) atoms. The van der Waals surface area contributed by atoms with Gasteiger partial charge in [-0.2, -0.15) is 0 Å². The lowest BCUT2D eigenvalue weighted by atomic mass is 10.1. The second-order valence-corrected chi connectivity index (χ2v) is 10.8. The van der Waals surface area contributed by atoms with Crippen molar-refractivity contribution < 1.29 is 13.9 Å². The van der Waals surface area contributed by atoms with Gasteiger partial charge in [-0.05, 0) is 36.6 Å². The van der Waals surface area contributed by atoms with Crippen LogP contribution in [0.1, 0.15) is 24.2 Å². The molecule has 0 radical (unpaired) electrons. The number of rotatable bonds is 7. The highest BCUT2D eigenvalue weighted by molar-refractivity contribution is 7.98. The smallest absolute Gasteiger partial charge is 0.267 e. The molecule has 0 aliphatic heterocycles. The highest BCUT2D eigenvalue weighted by atomic mass is 32.2. The number of hydrogen-bond acceptors (Lipinski definition) is 5. The zero-order chi connectivity index (χ0) is 21.9. The number of pyridine rings is 1. The molecule has 0 fully saturated rings. The molecule has 8 heteroatoms. The van der Waals surface area contributed by atoms with E-state index in [-0.39, 0.29) is 11.3 Å². The summed E-state index contributed by atoms with van der Waals surface area (Å²) in [4.78, 5) is 27.3. The van der Waals surface area contributed by atoms with Gasteiger partial charge in [-0.25, -0.2) is 0 Å². The Balaban J connectivity index is 2.29. The molecule has 2 aromatic carbocycles. The van der Waals surface area contributed by atoms with Crippen LogP contribution in [0.2, 0.25) is 0 Å². The molecule has 3 rings (SSSR count). The molecule has 1 aromatic heterocycles. The van der Waals surface area contributed by atoms with Crippen LogP contribution in [0, 0.1) is 0 Å². The van der Waals surface area contributed by atoms with E-state index in [2.05, 4.69) is 5.32 Å². The van der Waals surface area contributed by atoms with Crippen molar-refractivity contribution in [2.75, 3.05) is 23.9 Å². The van der Waals surface area contributed by atoms with Crippen LogP contribution in [0.5, 0.6) is 5.75 Å². The van der Waals surface area contributed by atoms with Gasteiger partial charge in [0.1, 0.15) is 5.56 Å². The van der Waals surface area contributed by atoms with E-state index in [4.69, 9.17) is 4.52 Å². The van der Waals surface area contributed by atoms with Crippen molar-refractivity contribution in [3.8, 4) is 5.75 Å². The first-order chi connectivity index (χ1) is 14.3. The predicted octanol–water partition coefficient (Wildman–Crippen LogP) is 5.21. The molecule has 1 heterocycles. The van der Waals surface area contributed by atoms with Crippen molar-refractivity contribution in [3.63, 3.8) is 0 Å². The number of amides is 1. The van der Waals surface area contributed by atoms with Crippen molar-refractivity contribution in [1.82, 2.24) is 4.57 Å². The Labute approximate surface area is 180 Å². The summed E-state index contributed by atoms with van der Waals surface area (Å²) in [5.74, 6) is -0.503. The Kier molecular flexibility index (Phi) is 6.74. The number of aromatic nitrogens is 1. The number of nitrogens with zero attached hydrogens (tertiary/aromatic N) is 1. The minimum absolute atomic E-state index is 0.0875. The van der Waals surface area contributed by atoms with Crippen LogP contribution in [-0.2, 0) is 11.6 Å². The first kappa shape index (κ1) is 22.2. The number of carbonyl (C=O) groups is 1. The molecule has 0 atom stereocenters.